The van der Waals surface area contributed by atoms with Crippen LogP contribution in [0.1, 0.15) is 26.2 Å². The molecule has 0 atom stereocenters. The van der Waals surface area contributed by atoms with Crippen LogP contribution in [0.3, 0.4) is 0 Å². The molecule has 0 saturated heterocycles. The standard InChI is InChI=1S/C9H20N2O2S/c1-4-6-8-10-14(12,13)11(3)9-7-5-2/h4,10H,1,5-9H2,2-3H3. The highest BCUT2D eigenvalue weighted by Crippen LogP contribution is 1.97. The summed E-state index contributed by atoms with van der Waals surface area (Å²) in [7, 11) is -1.68. The largest absolute Gasteiger partial charge is 0.279 e. The zero-order chi connectivity index (χ0) is 11.0. The lowest BCUT2D eigenvalue weighted by molar-refractivity contribution is 0.449. The van der Waals surface area contributed by atoms with Crippen molar-refractivity contribution in [1.29, 1.82) is 0 Å². The highest BCUT2D eigenvalue weighted by molar-refractivity contribution is 7.87. The van der Waals surface area contributed by atoms with E-state index in [0.717, 1.165) is 12.8 Å². The van der Waals surface area contributed by atoms with Gasteiger partial charge in [-0.05, 0) is 12.8 Å². The number of unbranched alkanes of at least 4 members (excludes halogenated alkanes) is 1. The van der Waals surface area contributed by atoms with Crippen molar-refractivity contribution in [3.05, 3.63) is 12.7 Å². The summed E-state index contributed by atoms with van der Waals surface area (Å²) in [4.78, 5) is 0. The molecule has 4 nitrogen and oxygen atoms in total. The quantitative estimate of drug-likeness (QED) is 0.492. The summed E-state index contributed by atoms with van der Waals surface area (Å²) in [6.07, 6.45) is 4.22. The first-order valence-corrected chi connectivity index (χ1v) is 6.30. The average Bonchev–Trinajstić information content (AvgIpc) is 2.14. The van der Waals surface area contributed by atoms with E-state index in [1.807, 2.05) is 6.92 Å². The van der Waals surface area contributed by atoms with E-state index in [1.165, 1.54) is 4.31 Å². The van der Waals surface area contributed by atoms with Crippen LogP contribution in [-0.4, -0.2) is 32.9 Å². The normalized spacial score (nSPS) is 11.9. The fourth-order valence-electron chi connectivity index (χ4n) is 0.901. The zero-order valence-corrected chi connectivity index (χ0v) is 9.81. The van der Waals surface area contributed by atoms with Crippen molar-refractivity contribution >= 4 is 10.2 Å². The molecule has 0 heterocycles. The van der Waals surface area contributed by atoms with Crippen molar-refractivity contribution in [2.45, 2.75) is 26.2 Å². The highest BCUT2D eigenvalue weighted by Gasteiger charge is 2.14. The van der Waals surface area contributed by atoms with Gasteiger partial charge in [0, 0.05) is 20.1 Å². The van der Waals surface area contributed by atoms with E-state index in [1.54, 1.807) is 13.1 Å². The molecule has 0 aliphatic rings. The van der Waals surface area contributed by atoms with Crippen molar-refractivity contribution in [2.75, 3.05) is 20.1 Å². The minimum absolute atomic E-state index is 0.419. The lowest BCUT2D eigenvalue weighted by Gasteiger charge is -2.16. The molecule has 0 radical (unpaired) electrons. The Bertz CT molecular complexity index is 250. The monoisotopic (exact) mass is 220 g/mol. The number of hydrogen-bond donors (Lipinski definition) is 1. The van der Waals surface area contributed by atoms with Crippen LogP contribution in [0.4, 0.5) is 0 Å². The molecule has 84 valence electrons. The highest BCUT2D eigenvalue weighted by atomic mass is 32.2. The number of hydrogen-bond acceptors (Lipinski definition) is 2. The van der Waals surface area contributed by atoms with Crippen molar-refractivity contribution in [3.63, 3.8) is 0 Å². The molecular weight excluding hydrogens is 200 g/mol. The minimum Gasteiger partial charge on any atom is -0.202 e. The lowest BCUT2D eigenvalue weighted by atomic mass is 10.3. The second-order valence-corrected chi connectivity index (χ2v) is 5.01. The maximum atomic E-state index is 11.5. The SMILES string of the molecule is C=CCCNS(=O)(=O)N(C)CCCC. The molecule has 1 N–H and O–H groups in total. The van der Waals surface area contributed by atoms with E-state index in [-0.39, 0.29) is 0 Å². The van der Waals surface area contributed by atoms with Crippen LogP contribution in [-0.2, 0) is 10.2 Å². The van der Waals surface area contributed by atoms with Crippen molar-refractivity contribution in [1.82, 2.24) is 9.03 Å². The van der Waals surface area contributed by atoms with E-state index < -0.39 is 10.2 Å². The fourth-order valence-corrected chi connectivity index (χ4v) is 1.87. The summed E-state index contributed by atoms with van der Waals surface area (Å²) in [6, 6.07) is 0. The molecule has 0 amide bonds. The molecule has 5 heteroatoms. The number of nitrogens with one attached hydrogen (secondary N) is 1. The lowest BCUT2D eigenvalue weighted by Crippen LogP contribution is -2.39. The van der Waals surface area contributed by atoms with Gasteiger partial charge in [-0.1, -0.05) is 19.4 Å². The van der Waals surface area contributed by atoms with Crippen molar-refractivity contribution in [2.24, 2.45) is 0 Å². The Balaban J connectivity index is 3.96. The third-order valence-electron chi connectivity index (χ3n) is 1.87. The number of nitrogens with zero attached hydrogens (tertiary/aromatic N) is 1. The Morgan fingerprint density at radius 2 is 2.14 bits per heavy atom. The van der Waals surface area contributed by atoms with Gasteiger partial charge in [0.25, 0.3) is 10.2 Å². The van der Waals surface area contributed by atoms with Gasteiger partial charge in [0.2, 0.25) is 0 Å². The molecule has 0 rings (SSSR count). The molecule has 0 aromatic heterocycles. The van der Waals surface area contributed by atoms with Gasteiger partial charge >= 0.3 is 0 Å². The molecule has 14 heavy (non-hydrogen) atoms. The molecule has 0 saturated carbocycles. The van der Waals surface area contributed by atoms with Crippen LogP contribution in [0.25, 0.3) is 0 Å². The van der Waals surface area contributed by atoms with Gasteiger partial charge in [0.1, 0.15) is 0 Å². The molecule has 0 aliphatic heterocycles. The van der Waals surface area contributed by atoms with Gasteiger partial charge in [-0.15, -0.1) is 6.58 Å². The summed E-state index contributed by atoms with van der Waals surface area (Å²) < 4.78 is 26.8. The summed E-state index contributed by atoms with van der Waals surface area (Å²) in [5.74, 6) is 0. The molecule has 0 aromatic carbocycles. The second-order valence-electron chi connectivity index (χ2n) is 3.15. The van der Waals surface area contributed by atoms with Crippen molar-refractivity contribution < 1.29 is 8.42 Å². The average molecular weight is 220 g/mol. The summed E-state index contributed by atoms with van der Waals surface area (Å²) in [5, 5.41) is 0. The van der Waals surface area contributed by atoms with E-state index in [2.05, 4.69) is 11.3 Å². The minimum atomic E-state index is -3.27. The molecular formula is C9H20N2O2S. The fraction of sp³-hybridized carbons (Fsp3) is 0.778. The van der Waals surface area contributed by atoms with Gasteiger partial charge in [-0.2, -0.15) is 12.7 Å². The van der Waals surface area contributed by atoms with Gasteiger partial charge < -0.3 is 0 Å². The molecule has 0 fully saturated rings. The second kappa shape index (κ2) is 6.98. The van der Waals surface area contributed by atoms with E-state index in [0.29, 0.717) is 19.5 Å². The Labute approximate surface area is 87.2 Å². The first-order valence-electron chi connectivity index (χ1n) is 4.86. The van der Waals surface area contributed by atoms with Crippen LogP contribution < -0.4 is 4.72 Å². The van der Waals surface area contributed by atoms with Crippen LogP contribution >= 0.6 is 0 Å². The molecule has 0 aliphatic carbocycles. The zero-order valence-electron chi connectivity index (χ0n) is 8.99. The Morgan fingerprint density at radius 1 is 1.50 bits per heavy atom. The topological polar surface area (TPSA) is 49.4 Å². The molecule has 0 unspecified atom stereocenters. The Kier molecular flexibility index (Phi) is 6.78. The van der Waals surface area contributed by atoms with E-state index in [4.69, 9.17) is 0 Å². The number of rotatable bonds is 8. The first-order chi connectivity index (χ1) is 6.54. The third-order valence-corrected chi connectivity index (χ3v) is 3.44. The van der Waals surface area contributed by atoms with E-state index >= 15 is 0 Å². The molecule has 0 spiro atoms. The predicted octanol–water partition coefficient (Wildman–Crippen LogP) is 1.13. The maximum absolute atomic E-state index is 11.5. The van der Waals surface area contributed by atoms with Gasteiger partial charge in [0.05, 0.1) is 0 Å². The Morgan fingerprint density at radius 3 is 2.64 bits per heavy atom. The van der Waals surface area contributed by atoms with Gasteiger partial charge in [0.15, 0.2) is 0 Å². The molecule has 0 bridgehead atoms. The van der Waals surface area contributed by atoms with E-state index in [9.17, 15) is 8.42 Å². The maximum Gasteiger partial charge on any atom is 0.279 e. The van der Waals surface area contributed by atoms with Crippen LogP contribution in [0.15, 0.2) is 12.7 Å². The summed E-state index contributed by atoms with van der Waals surface area (Å²) in [6.45, 7) is 6.55. The summed E-state index contributed by atoms with van der Waals surface area (Å²) in [5.41, 5.74) is 0. The summed E-state index contributed by atoms with van der Waals surface area (Å²) >= 11 is 0. The smallest absolute Gasteiger partial charge is 0.202 e. The third kappa shape index (κ3) is 5.36. The van der Waals surface area contributed by atoms with Crippen molar-refractivity contribution in [3.8, 4) is 0 Å². The predicted molar refractivity (Wildman–Crippen MR) is 59.3 cm³/mol. The van der Waals surface area contributed by atoms with Gasteiger partial charge in [-0.25, -0.2) is 4.72 Å². The first kappa shape index (κ1) is 13.6. The van der Waals surface area contributed by atoms with Crippen LogP contribution in [0, 0.1) is 0 Å². The Hall–Kier alpha value is -0.390. The van der Waals surface area contributed by atoms with Gasteiger partial charge in [-0.3, -0.25) is 0 Å². The van der Waals surface area contributed by atoms with Crippen LogP contribution in [0.2, 0.25) is 0 Å². The molecule has 0 aromatic rings. The van der Waals surface area contributed by atoms with Crippen LogP contribution in [0.5, 0.6) is 0 Å².